The Morgan fingerprint density at radius 3 is 2.71 bits per heavy atom. The molecule has 1 aromatic carbocycles. The van der Waals surface area contributed by atoms with E-state index in [1.54, 1.807) is 12.1 Å². The van der Waals surface area contributed by atoms with Gasteiger partial charge in [-0.05, 0) is 36.5 Å². The van der Waals surface area contributed by atoms with Crippen LogP contribution in [0.1, 0.15) is 43.7 Å². The van der Waals surface area contributed by atoms with E-state index in [0.29, 0.717) is 12.0 Å². The summed E-state index contributed by atoms with van der Waals surface area (Å²) in [6.07, 6.45) is 4.49. The van der Waals surface area contributed by atoms with Gasteiger partial charge in [-0.2, -0.15) is 0 Å². The van der Waals surface area contributed by atoms with Crippen molar-refractivity contribution >= 4 is 5.97 Å². The molecule has 0 aliphatic carbocycles. The fourth-order valence-corrected chi connectivity index (χ4v) is 1.79. The van der Waals surface area contributed by atoms with Crippen LogP contribution in [-0.2, 0) is 17.6 Å². The maximum Gasteiger partial charge on any atom is 0.303 e. The highest BCUT2D eigenvalue weighted by Gasteiger charge is 2.05. The molecule has 1 N–H and O–H groups in total. The predicted octanol–water partition coefficient (Wildman–Crippen LogP) is 3.58. The van der Waals surface area contributed by atoms with Crippen molar-refractivity contribution in [3.8, 4) is 0 Å². The highest BCUT2D eigenvalue weighted by atomic mass is 19.1. The van der Waals surface area contributed by atoms with Crippen LogP contribution in [0.25, 0.3) is 0 Å². The van der Waals surface area contributed by atoms with Gasteiger partial charge in [0.1, 0.15) is 5.82 Å². The van der Waals surface area contributed by atoms with Gasteiger partial charge in [0.25, 0.3) is 0 Å². The largest absolute Gasteiger partial charge is 0.481 e. The molecule has 0 amide bonds. The summed E-state index contributed by atoms with van der Waals surface area (Å²) in [5.74, 6) is -0.998. The number of carboxylic acids is 1. The standard InChI is InChI=1S/C14H19FO2/c1-2-3-4-5-12-10-11(6-8-13(12)15)7-9-14(16)17/h6,8,10H,2-5,7,9H2,1H3,(H,16,17). The van der Waals surface area contributed by atoms with Crippen LogP contribution >= 0.6 is 0 Å². The summed E-state index contributed by atoms with van der Waals surface area (Å²) in [7, 11) is 0. The van der Waals surface area contributed by atoms with Crippen LogP contribution in [0.4, 0.5) is 4.39 Å². The Morgan fingerprint density at radius 2 is 2.06 bits per heavy atom. The van der Waals surface area contributed by atoms with Gasteiger partial charge in [-0.15, -0.1) is 0 Å². The number of carbonyl (C=O) groups is 1. The molecule has 3 heteroatoms. The van der Waals surface area contributed by atoms with Gasteiger partial charge < -0.3 is 5.11 Å². The Morgan fingerprint density at radius 1 is 1.29 bits per heavy atom. The number of rotatable bonds is 7. The second-order valence-corrected chi connectivity index (χ2v) is 4.28. The molecule has 0 saturated carbocycles. The molecule has 0 atom stereocenters. The second kappa shape index (κ2) is 7.05. The van der Waals surface area contributed by atoms with Gasteiger partial charge in [0.05, 0.1) is 0 Å². The third-order valence-electron chi connectivity index (χ3n) is 2.79. The molecule has 0 unspecified atom stereocenters. The molecule has 0 heterocycles. The van der Waals surface area contributed by atoms with Crippen molar-refractivity contribution in [2.24, 2.45) is 0 Å². The molecule has 0 saturated heterocycles. The van der Waals surface area contributed by atoms with Gasteiger partial charge in [0.15, 0.2) is 0 Å². The quantitative estimate of drug-likeness (QED) is 0.737. The molecule has 0 aliphatic heterocycles. The van der Waals surface area contributed by atoms with E-state index in [0.717, 1.165) is 31.2 Å². The number of benzene rings is 1. The number of halogens is 1. The van der Waals surface area contributed by atoms with E-state index in [9.17, 15) is 9.18 Å². The summed E-state index contributed by atoms with van der Waals surface area (Å²) in [6, 6.07) is 4.91. The summed E-state index contributed by atoms with van der Waals surface area (Å²) in [5.41, 5.74) is 1.61. The first kappa shape index (κ1) is 13.7. The Hall–Kier alpha value is -1.38. The van der Waals surface area contributed by atoms with E-state index in [2.05, 4.69) is 6.92 Å². The maximum absolute atomic E-state index is 13.5. The van der Waals surface area contributed by atoms with Crippen LogP contribution in [0.2, 0.25) is 0 Å². The zero-order valence-corrected chi connectivity index (χ0v) is 10.2. The van der Waals surface area contributed by atoms with E-state index in [-0.39, 0.29) is 12.2 Å². The first-order valence-corrected chi connectivity index (χ1v) is 6.12. The highest BCUT2D eigenvalue weighted by molar-refractivity contribution is 5.67. The Kier molecular flexibility index (Phi) is 5.67. The highest BCUT2D eigenvalue weighted by Crippen LogP contribution is 2.15. The average molecular weight is 238 g/mol. The molecule has 1 rings (SSSR count). The van der Waals surface area contributed by atoms with Crippen molar-refractivity contribution in [1.82, 2.24) is 0 Å². The zero-order valence-electron chi connectivity index (χ0n) is 10.2. The normalized spacial score (nSPS) is 10.5. The molecule has 1 aromatic rings. The predicted molar refractivity (Wildman–Crippen MR) is 65.6 cm³/mol. The van der Waals surface area contributed by atoms with Crippen LogP contribution in [0.3, 0.4) is 0 Å². The van der Waals surface area contributed by atoms with Gasteiger partial charge in [-0.25, -0.2) is 4.39 Å². The smallest absolute Gasteiger partial charge is 0.303 e. The Labute approximate surface area is 101 Å². The van der Waals surface area contributed by atoms with E-state index in [4.69, 9.17) is 5.11 Å². The fraction of sp³-hybridized carbons (Fsp3) is 0.500. The van der Waals surface area contributed by atoms with Gasteiger partial charge >= 0.3 is 5.97 Å². The van der Waals surface area contributed by atoms with Gasteiger partial charge in [-0.3, -0.25) is 4.79 Å². The molecule has 0 aromatic heterocycles. The topological polar surface area (TPSA) is 37.3 Å². The van der Waals surface area contributed by atoms with Crippen LogP contribution in [0.5, 0.6) is 0 Å². The molecule has 0 spiro atoms. The number of aliphatic carboxylic acids is 1. The van der Waals surface area contributed by atoms with Crippen molar-refractivity contribution in [2.45, 2.75) is 45.4 Å². The summed E-state index contributed by atoms with van der Waals surface area (Å²) in [5, 5.41) is 8.60. The molecule has 0 aliphatic rings. The molecular formula is C14H19FO2. The minimum Gasteiger partial charge on any atom is -0.481 e. The second-order valence-electron chi connectivity index (χ2n) is 4.28. The van der Waals surface area contributed by atoms with Gasteiger partial charge in [0.2, 0.25) is 0 Å². The van der Waals surface area contributed by atoms with Crippen LogP contribution in [-0.4, -0.2) is 11.1 Å². The number of carboxylic acid groups (broad SMARTS) is 1. The first-order valence-electron chi connectivity index (χ1n) is 6.12. The van der Waals surface area contributed by atoms with Crippen molar-refractivity contribution in [3.63, 3.8) is 0 Å². The SMILES string of the molecule is CCCCCc1cc(CCC(=O)O)ccc1F. The lowest BCUT2D eigenvalue weighted by atomic mass is 10.0. The molecule has 94 valence electrons. The van der Waals surface area contributed by atoms with Crippen molar-refractivity contribution < 1.29 is 14.3 Å². The third-order valence-corrected chi connectivity index (χ3v) is 2.79. The van der Waals surface area contributed by atoms with Crippen LogP contribution in [0, 0.1) is 5.82 Å². The third kappa shape index (κ3) is 4.98. The average Bonchev–Trinajstić information content (AvgIpc) is 2.30. The molecular weight excluding hydrogens is 219 g/mol. The molecule has 0 bridgehead atoms. The number of aryl methyl sites for hydroxylation is 2. The lowest BCUT2D eigenvalue weighted by Crippen LogP contribution is -1.99. The molecule has 0 fully saturated rings. The van der Waals surface area contributed by atoms with Crippen LogP contribution < -0.4 is 0 Å². The number of hydrogen-bond donors (Lipinski definition) is 1. The molecule has 2 nitrogen and oxygen atoms in total. The molecule has 0 radical (unpaired) electrons. The van der Waals surface area contributed by atoms with E-state index in [1.165, 1.54) is 6.07 Å². The lowest BCUT2D eigenvalue weighted by Gasteiger charge is -2.06. The monoisotopic (exact) mass is 238 g/mol. The first-order chi connectivity index (χ1) is 8.13. The van der Waals surface area contributed by atoms with E-state index >= 15 is 0 Å². The Bertz CT molecular complexity index is 374. The van der Waals surface area contributed by atoms with E-state index < -0.39 is 5.97 Å². The summed E-state index contributed by atoms with van der Waals surface area (Å²) < 4.78 is 13.5. The van der Waals surface area contributed by atoms with Gasteiger partial charge in [-0.1, -0.05) is 31.9 Å². The number of unbranched alkanes of at least 4 members (excludes halogenated alkanes) is 2. The maximum atomic E-state index is 13.5. The Balaban J connectivity index is 2.62. The van der Waals surface area contributed by atoms with Crippen molar-refractivity contribution in [1.29, 1.82) is 0 Å². The lowest BCUT2D eigenvalue weighted by molar-refractivity contribution is -0.136. The van der Waals surface area contributed by atoms with E-state index in [1.807, 2.05) is 0 Å². The fourth-order valence-electron chi connectivity index (χ4n) is 1.79. The molecule has 17 heavy (non-hydrogen) atoms. The summed E-state index contributed by atoms with van der Waals surface area (Å²) >= 11 is 0. The zero-order chi connectivity index (χ0) is 12.7. The minimum absolute atomic E-state index is 0.0973. The summed E-state index contributed by atoms with van der Waals surface area (Å²) in [6.45, 7) is 2.11. The van der Waals surface area contributed by atoms with Crippen molar-refractivity contribution in [2.75, 3.05) is 0 Å². The van der Waals surface area contributed by atoms with Gasteiger partial charge in [0, 0.05) is 6.42 Å². The minimum atomic E-state index is -0.818. The summed E-state index contributed by atoms with van der Waals surface area (Å²) in [4.78, 5) is 10.5. The van der Waals surface area contributed by atoms with Crippen molar-refractivity contribution in [3.05, 3.63) is 35.1 Å². The number of hydrogen-bond acceptors (Lipinski definition) is 1. The van der Waals surface area contributed by atoms with Crippen LogP contribution in [0.15, 0.2) is 18.2 Å².